The number of nitrogens with zero attached hydrogens (tertiary/aromatic N) is 1. The summed E-state index contributed by atoms with van der Waals surface area (Å²) in [7, 11) is 0. The number of rotatable bonds is 3. The Bertz CT molecular complexity index is 664. The molecule has 0 heterocycles. The highest BCUT2D eigenvalue weighted by Crippen LogP contribution is 2.23. The van der Waals surface area contributed by atoms with Crippen molar-refractivity contribution in [3.8, 4) is 17.2 Å². The van der Waals surface area contributed by atoms with Crippen molar-refractivity contribution in [3.05, 3.63) is 65.7 Å². The van der Waals surface area contributed by atoms with Crippen LogP contribution in [0.25, 0.3) is 17.2 Å². The van der Waals surface area contributed by atoms with E-state index in [4.69, 9.17) is 10.4 Å². The highest BCUT2D eigenvalue weighted by atomic mass is 16.4. The van der Waals surface area contributed by atoms with Crippen LogP contribution >= 0.6 is 0 Å². The summed E-state index contributed by atoms with van der Waals surface area (Å²) in [6.07, 6.45) is 2.63. The number of nitriles is 1. The van der Waals surface area contributed by atoms with E-state index in [0.717, 1.165) is 22.8 Å². The van der Waals surface area contributed by atoms with E-state index in [2.05, 4.69) is 6.07 Å². The molecule has 0 spiro atoms. The van der Waals surface area contributed by atoms with Gasteiger partial charge < -0.3 is 5.11 Å². The molecule has 92 valence electrons. The standard InChI is InChI=1S/C16H11NO2/c17-11-14-3-1-2-4-15(14)13-8-5-12(6-9-13)7-10-16(18)19/h1-10H,(H,18,19). The molecule has 0 fully saturated rings. The number of carboxylic acid groups (broad SMARTS) is 1. The average Bonchev–Trinajstić information content (AvgIpc) is 2.45. The molecule has 0 saturated carbocycles. The minimum absolute atomic E-state index is 0.622. The molecular weight excluding hydrogens is 238 g/mol. The summed E-state index contributed by atoms with van der Waals surface area (Å²) in [5.74, 6) is -0.973. The lowest BCUT2D eigenvalue weighted by Gasteiger charge is -2.04. The molecule has 2 aromatic rings. The van der Waals surface area contributed by atoms with Crippen molar-refractivity contribution >= 4 is 12.0 Å². The van der Waals surface area contributed by atoms with Crippen molar-refractivity contribution in [2.75, 3.05) is 0 Å². The number of benzene rings is 2. The first-order valence-electron chi connectivity index (χ1n) is 5.71. The van der Waals surface area contributed by atoms with Gasteiger partial charge in [-0.15, -0.1) is 0 Å². The zero-order valence-electron chi connectivity index (χ0n) is 10.1. The topological polar surface area (TPSA) is 61.1 Å². The minimum atomic E-state index is -0.973. The SMILES string of the molecule is N#Cc1ccccc1-c1ccc(C=CC(=O)O)cc1. The minimum Gasteiger partial charge on any atom is -0.478 e. The molecule has 0 unspecified atom stereocenters. The van der Waals surface area contributed by atoms with Crippen LogP contribution in [-0.4, -0.2) is 11.1 Å². The lowest BCUT2D eigenvalue weighted by atomic mass is 9.99. The lowest BCUT2D eigenvalue weighted by Crippen LogP contribution is -1.86. The first kappa shape index (κ1) is 12.6. The highest BCUT2D eigenvalue weighted by molar-refractivity contribution is 5.85. The van der Waals surface area contributed by atoms with Gasteiger partial charge in [-0.3, -0.25) is 0 Å². The third kappa shape index (κ3) is 3.08. The Hall–Kier alpha value is -2.86. The van der Waals surface area contributed by atoms with Gasteiger partial charge in [0.2, 0.25) is 0 Å². The van der Waals surface area contributed by atoms with E-state index in [1.165, 1.54) is 6.08 Å². The van der Waals surface area contributed by atoms with E-state index < -0.39 is 5.97 Å². The number of aliphatic carboxylic acids is 1. The molecule has 0 aliphatic rings. The Labute approximate surface area is 111 Å². The fraction of sp³-hybridized carbons (Fsp3) is 0. The summed E-state index contributed by atoms with van der Waals surface area (Å²) >= 11 is 0. The van der Waals surface area contributed by atoms with Crippen molar-refractivity contribution < 1.29 is 9.90 Å². The van der Waals surface area contributed by atoms with Crippen LogP contribution in [0.2, 0.25) is 0 Å². The molecule has 0 aliphatic heterocycles. The van der Waals surface area contributed by atoms with E-state index in [1.54, 1.807) is 6.07 Å². The van der Waals surface area contributed by atoms with Crippen molar-refractivity contribution in [1.29, 1.82) is 5.26 Å². The summed E-state index contributed by atoms with van der Waals surface area (Å²) in [4.78, 5) is 10.4. The summed E-state index contributed by atoms with van der Waals surface area (Å²) in [6.45, 7) is 0. The van der Waals surface area contributed by atoms with Gasteiger partial charge in [-0.2, -0.15) is 5.26 Å². The summed E-state index contributed by atoms with van der Waals surface area (Å²) in [5.41, 5.74) is 3.24. The molecule has 0 bridgehead atoms. The fourth-order valence-electron chi connectivity index (χ4n) is 1.77. The summed E-state index contributed by atoms with van der Waals surface area (Å²) in [6, 6.07) is 16.9. The summed E-state index contributed by atoms with van der Waals surface area (Å²) < 4.78 is 0. The predicted molar refractivity (Wildman–Crippen MR) is 73.3 cm³/mol. The second kappa shape index (κ2) is 5.65. The highest BCUT2D eigenvalue weighted by Gasteiger charge is 2.03. The van der Waals surface area contributed by atoms with Gasteiger partial charge in [0.1, 0.15) is 0 Å². The van der Waals surface area contributed by atoms with Crippen LogP contribution in [-0.2, 0) is 4.79 Å². The quantitative estimate of drug-likeness (QED) is 0.849. The Balaban J connectivity index is 2.33. The van der Waals surface area contributed by atoms with Crippen molar-refractivity contribution in [3.63, 3.8) is 0 Å². The molecule has 0 aliphatic carbocycles. The van der Waals surface area contributed by atoms with Crippen molar-refractivity contribution in [1.82, 2.24) is 0 Å². The summed E-state index contributed by atoms with van der Waals surface area (Å²) in [5, 5.41) is 17.6. The first-order chi connectivity index (χ1) is 9.20. The molecule has 0 aromatic heterocycles. The van der Waals surface area contributed by atoms with Gasteiger partial charge >= 0.3 is 5.97 Å². The predicted octanol–water partition coefficient (Wildman–Crippen LogP) is 3.32. The molecule has 3 heteroatoms. The van der Waals surface area contributed by atoms with Crippen LogP contribution in [0.1, 0.15) is 11.1 Å². The molecular formula is C16H11NO2. The molecule has 2 rings (SSSR count). The molecule has 0 saturated heterocycles. The maximum absolute atomic E-state index is 10.4. The van der Waals surface area contributed by atoms with Gasteiger partial charge in [-0.05, 0) is 28.8 Å². The molecule has 19 heavy (non-hydrogen) atoms. The van der Waals surface area contributed by atoms with Crippen LogP contribution < -0.4 is 0 Å². The van der Waals surface area contributed by atoms with E-state index in [-0.39, 0.29) is 0 Å². The average molecular weight is 249 g/mol. The Morgan fingerprint density at radius 1 is 1.11 bits per heavy atom. The Kier molecular flexibility index (Phi) is 3.75. The van der Waals surface area contributed by atoms with Crippen molar-refractivity contribution in [2.24, 2.45) is 0 Å². The third-order valence-corrected chi connectivity index (χ3v) is 2.69. The zero-order chi connectivity index (χ0) is 13.7. The molecule has 0 amide bonds. The number of carboxylic acids is 1. The van der Waals surface area contributed by atoms with Crippen LogP contribution in [0.15, 0.2) is 54.6 Å². The number of hydrogen-bond acceptors (Lipinski definition) is 2. The van der Waals surface area contributed by atoms with Crippen LogP contribution in [0.3, 0.4) is 0 Å². The smallest absolute Gasteiger partial charge is 0.328 e. The molecule has 0 radical (unpaired) electrons. The van der Waals surface area contributed by atoms with E-state index in [0.29, 0.717) is 5.56 Å². The number of hydrogen-bond donors (Lipinski definition) is 1. The lowest BCUT2D eigenvalue weighted by molar-refractivity contribution is -0.131. The van der Waals surface area contributed by atoms with Gasteiger partial charge in [0, 0.05) is 6.08 Å². The number of carbonyl (C=O) groups is 1. The Morgan fingerprint density at radius 2 is 1.79 bits per heavy atom. The molecule has 1 N–H and O–H groups in total. The van der Waals surface area contributed by atoms with E-state index >= 15 is 0 Å². The second-order valence-electron chi connectivity index (χ2n) is 3.95. The molecule has 2 aromatic carbocycles. The zero-order valence-corrected chi connectivity index (χ0v) is 10.1. The van der Waals surface area contributed by atoms with Gasteiger partial charge in [0.05, 0.1) is 11.6 Å². The normalized spacial score (nSPS) is 10.3. The third-order valence-electron chi connectivity index (χ3n) is 2.69. The van der Waals surface area contributed by atoms with Crippen molar-refractivity contribution in [2.45, 2.75) is 0 Å². The van der Waals surface area contributed by atoms with Crippen LogP contribution in [0.4, 0.5) is 0 Å². The van der Waals surface area contributed by atoms with Gasteiger partial charge in [0.25, 0.3) is 0 Å². The molecule has 0 atom stereocenters. The monoisotopic (exact) mass is 249 g/mol. The first-order valence-corrected chi connectivity index (χ1v) is 5.71. The Morgan fingerprint density at radius 3 is 2.42 bits per heavy atom. The maximum Gasteiger partial charge on any atom is 0.328 e. The fourth-order valence-corrected chi connectivity index (χ4v) is 1.77. The van der Waals surface area contributed by atoms with Gasteiger partial charge in [-0.25, -0.2) is 4.79 Å². The maximum atomic E-state index is 10.4. The largest absolute Gasteiger partial charge is 0.478 e. The van der Waals surface area contributed by atoms with Crippen LogP contribution in [0.5, 0.6) is 0 Å². The van der Waals surface area contributed by atoms with E-state index in [1.807, 2.05) is 42.5 Å². The van der Waals surface area contributed by atoms with E-state index in [9.17, 15) is 4.79 Å². The van der Waals surface area contributed by atoms with Gasteiger partial charge in [-0.1, -0.05) is 42.5 Å². The van der Waals surface area contributed by atoms with Crippen LogP contribution in [0, 0.1) is 11.3 Å². The second-order valence-corrected chi connectivity index (χ2v) is 3.95. The van der Waals surface area contributed by atoms with Gasteiger partial charge in [0.15, 0.2) is 0 Å². The molecule has 3 nitrogen and oxygen atoms in total.